The van der Waals surface area contributed by atoms with Gasteiger partial charge in [0, 0.05) is 24.0 Å². The van der Waals surface area contributed by atoms with Crippen LogP contribution in [0, 0.1) is 20.8 Å². The Morgan fingerprint density at radius 3 is 2.54 bits per heavy atom. The van der Waals surface area contributed by atoms with Gasteiger partial charge in [0.1, 0.15) is 5.75 Å². The standard InChI is InChI=1S/C20H29N4O3P/c1-13-8-17(6-7-19(13)25)10-18(28(26)24(5)16(4)12-27-28)11-21-20-22-14(2)9-15(3)23-20/h6-9,16,18,25H,10-12H2,1-5H3,(H,21,22,23)/t16-,18?,28?/m0/s1. The molecule has 2 unspecified atom stereocenters. The first kappa shape index (κ1) is 20.8. The number of anilines is 1. The van der Waals surface area contributed by atoms with Crippen molar-refractivity contribution in [3.05, 3.63) is 46.8 Å². The molecule has 28 heavy (non-hydrogen) atoms. The van der Waals surface area contributed by atoms with Crippen LogP contribution in [0.15, 0.2) is 24.3 Å². The van der Waals surface area contributed by atoms with Gasteiger partial charge >= 0.3 is 0 Å². The summed E-state index contributed by atoms with van der Waals surface area (Å²) < 4.78 is 21.5. The van der Waals surface area contributed by atoms with E-state index in [0.717, 1.165) is 22.5 Å². The number of rotatable bonds is 6. The van der Waals surface area contributed by atoms with E-state index in [9.17, 15) is 9.67 Å². The molecule has 3 atom stereocenters. The molecule has 3 rings (SSSR count). The molecule has 0 radical (unpaired) electrons. The van der Waals surface area contributed by atoms with Crippen LogP contribution in [0.1, 0.15) is 29.4 Å². The van der Waals surface area contributed by atoms with Crippen LogP contribution in [0.5, 0.6) is 5.75 Å². The number of aryl methyl sites for hydroxylation is 3. The lowest BCUT2D eigenvalue weighted by Gasteiger charge is -2.29. The third-order valence-corrected chi connectivity index (χ3v) is 8.33. The molecular weight excluding hydrogens is 375 g/mol. The minimum atomic E-state index is -3.03. The van der Waals surface area contributed by atoms with Gasteiger partial charge in [-0.05, 0) is 64.4 Å². The maximum Gasteiger partial charge on any atom is 0.277 e. The van der Waals surface area contributed by atoms with Gasteiger partial charge in [-0.25, -0.2) is 14.6 Å². The van der Waals surface area contributed by atoms with Crippen LogP contribution in [0.25, 0.3) is 0 Å². The van der Waals surface area contributed by atoms with Crippen molar-refractivity contribution in [2.24, 2.45) is 0 Å². The molecule has 1 aromatic carbocycles. The van der Waals surface area contributed by atoms with Gasteiger partial charge in [0.15, 0.2) is 0 Å². The molecule has 7 nitrogen and oxygen atoms in total. The quantitative estimate of drug-likeness (QED) is 0.710. The zero-order valence-electron chi connectivity index (χ0n) is 17.1. The summed E-state index contributed by atoms with van der Waals surface area (Å²) in [4.78, 5) is 8.85. The second kappa shape index (κ2) is 8.19. The molecule has 1 aliphatic heterocycles. The molecule has 1 saturated heterocycles. The fourth-order valence-corrected chi connectivity index (χ4v) is 6.20. The van der Waals surface area contributed by atoms with Gasteiger partial charge < -0.3 is 14.9 Å². The first-order chi connectivity index (χ1) is 13.2. The van der Waals surface area contributed by atoms with Crippen LogP contribution < -0.4 is 5.32 Å². The number of phenols is 1. The van der Waals surface area contributed by atoms with Crippen molar-refractivity contribution in [3.8, 4) is 5.75 Å². The lowest BCUT2D eigenvalue weighted by Crippen LogP contribution is -2.30. The summed E-state index contributed by atoms with van der Waals surface area (Å²) in [6.45, 7) is 8.61. The summed E-state index contributed by atoms with van der Waals surface area (Å²) >= 11 is 0. The highest BCUT2D eigenvalue weighted by atomic mass is 31.2. The Labute approximate surface area is 166 Å². The monoisotopic (exact) mass is 404 g/mol. The minimum absolute atomic E-state index is 0.104. The highest BCUT2D eigenvalue weighted by molar-refractivity contribution is 7.57. The summed E-state index contributed by atoms with van der Waals surface area (Å²) in [5.74, 6) is 0.794. The molecule has 1 aliphatic rings. The Morgan fingerprint density at radius 1 is 1.29 bits per heavy atom. The molecular formula is C20H29N4O3P. The van der Waals surface area contributed by atoms with E-state index < -0.39 is 7.52 Å². The molecule has 152 valence electrons. The van der Waals surface area contributed by atoms with Crippen molar-refractivity contribution in [1.29, 1.82) is 0 Å². The van der Waals surface area contributed by atoms with E-state index in [0.29, 0.717) is 25.5 Å². The van der Waals surface area contributed by atoms with E-state index in [2.05, 4.69) is 15.3 Å². The predicted molar refractivity (Wildman–Crippen MR) is 111 cm³/mol. The summed E-state index contributed by atoms with van der Waals surface area (Å²) in [5.41, 5.74) is 3.31. The lowest BCUT2D eigenvalue weighted by atomic mass is 10.1. The van der Waals surface area contributed by atoms with Crippen molar-refractivity contribution in [3.63, 3.8) is 0 Å². The zero-order chi connectivity index (χ0) is 20.5. The number of aromatic hydroxyl groups is 1. The van der Waals surface area contributed by atoms with Crippen molar-refractivity contribution >= 4 is 13.5 Å². The Hall–Kier alpha value is -1.95. The third-order valence-electron chi connectivity index (χ3n) is 5.25. The van der Waals surface area contributed by atoms with Crippen LogP contribution in [0.4, 0.5) is 5.95 Å². The maximum absolute atomic E-state index is 13.7. The molecule has 8 heteroatoms. The van der Waals surface area contributed by atoms with E-state index in [1.807, 2.05) is 57.6 Å². The summed E-state index contributed by atoms with van der Waals surface area (Å²) in [6, 6.07) is 7.50. The number of benzene rings is 1. The van der Waals surface area contributed by atoms with Gasteiger partial charge in [-0.3, -0.25) is 4.57 Å². The molecule has 0 spiro atoms. The topological polar surface area (TPSA) is 87.6 Å². The fourth-order valence-electron chi connectivity index (χ4n) is 3.48. The average molecular weight is 404 g/mol. The van der Waals surface area contributed by atoms with Crippen molar-refractivity contribution < 1.29 is 14.2 Å². The molecule has 0 bridgehead atoms. The van der Waals surface area contributed by atoms with Crippen molar-refractivity contribution in [1.82, 2.24) is 14.6 Å². The Morgan fingerprint density at radius 2 is 1.96 bits per heavy atom. The second-order valence-electron chi connectivity index (χ2n) is 7.62. The highest BCUT2D eigenvalue weighted by Crippen LogP contribution is 2.60. The van der Waals surface area contributed by atoms with Crippen LogP contribution in [-0.4, -0.2) is 51.6 Å². The highest BCUT2D eigenvalue weighted by Gasteiger charge is 2.45. The minimum Gasteiger partial charge on any atom is -0.508 e. The van der Waals surface area contributed by atoms with Gasteiger partial charge in [-0.15, -0.1) is 0 Å². The number of hydrogen-bond donors (Lipinski definition) is 2. The number of nitrogens with zero attached hydrogens (tertiary/aromatic N) is 3. The SMILES string of the molecule is Cc1cc(C)nc(NCC(Cc2ccc(O)c(C)c2)P2(=O)OC[C@H](C)N2C)n1. The molecule has 0 aliphatic carbocycles. The first-order valence-corrected chi connectivity index (χ1v) is 11.2. The number of hydrogen-bond acceptors (Lipinski definition) is 6. The average Bonchev–Trinajstić information content (AvgIpc) is 2.89. The van der Waals surface area contributed by atoms with Crippen LogP contribution in [0.3, 0.4) is 0 Å². The number of likely N-dealkylation sites (N-methyl/N-ethyl adjacent to an activating group) is 1. The molecule has 1 fully saturated rings. The van der Waals surface area contributed by atoms with Gasteiger partial charge in [-0.1, -0.05) is 12.1 Å². The van der Waals surface area contributed by atoms with E-state index in [1.54, 1.807) is 6.07 Å². The second-order valence-corrected chi connectivity index (χ2v) is 10.4. The van der Waals surface area contributed by atoms with Gasteiger partial charge in [-0.2, -0.15) is 0 Å². The van der Waals surface area contributed by atoms with Gasteiger partial charge in [0.05, 0.1) is 12.3 Å². The summed E-state index contributed by atoms with van der Waals surface area (Å²) in [5, 5.41) is 13.1. The van der Waals surface area contributed by atoms with Gasteiger partial charge in [0.25, 0.3) is 7.52 Å². The van der Waals surface area contributed by atoms with Crippen molar-refractivity contribution in [2.45, 2.75) is 45.8 Å². The number of phenolic OH excluding ortho intramolecular Hbond substituents is 1. The molecule has 2 heterocycles. The molecule has 0 saturated carbocycles. The predicted octanol–water partition coefficient (Wildman–Crippen LogP) is 3.67. The van der Waals surface area contributed by atoms with Gasteiger partial charge in [0.2, 0.25) is 5.95 Å². The van der Waals surface area contributed by atoms with E-state index >= 15 is 0 Å². The number of nitrogens with one attached hydrogen (secondary N) is 1. The Balaban J connectivity index is 1.85. The summed E-state index contributed by atoms with van der Waals surface area (Å²) in [6.07, 6.45) is 0.563. The Bertz CT molecular complexity index is 885. The molecule has 2 N–H and O–H groups in total. The molecule has 0 amide bonds. The fraction of sp³-hybridized carbons (Fsp3) is 0.500. The van der Waals surface area contributed by atoms with Crippen molar-refractivity contribution in [2.75, 3.05) is 25.5 Å². The smallest absolute Gasteiger partial charge is 0.277 e. The number of aromatic nitrogens is 2. The van der Waals surface area contributed by atoms with E-state index in [4.69, 9.17) is 4.52 Å². The van der Waals surface area contributed by atoms with Crippen LogP contribution in [0.2, 0.25) is 0 Å². The summed E-state index contributed by atoms with van der Waals surface area (Å²) in [7, 11) is -1.17. The third kappa shape index (κ3) is 4.37. The maximum atomic E-state index is 13.7. The van der Waals surface area contributed by atoms with E-state index in [-0.39, 0.29) is 17.5 Å². The normalized spacial score (nSPS) is 23.7. The lowest BCUT2D eigenvalue weighted by molar-refractivity contribution is 0.329. The molecule has 1 aromatic heterocycles. The zero-order valence-corrected chi connectivity index (χ0v) is 18.0. The largest absolute Gasteiger partial charge is 0.508 e. The Kier molecular flexibility index (Phi) is 6.08. The molecule has 2 aromatic rings. The first-order valence-electron chi connectivity index (χ1n) is 9.51. The van der Waals surface area contributed by atoms with Crippen LogP contribution >= 0.6 is 7.52 Å². The van der Waals surface area contributed by atoms with Crippen LogP contribution in [-0.2, 0) is 15.5 Å². The van der Waals surface area contributed by atoms with E-state index in [1.165, 1.54) is 0 Å².